The van der Waals surface area contributed by atoms with E-state index in [1.165, 1.54) is 11.3 Å². The summed E-state index contributed by atoms with van der Waals surface area (Å²) in [7, 11) is 0. The summed E-state index contributed by atoms with van der Waals surface area (Å²) in [6, 6.07) is 13.7. The van der Waals surface area contributed by atoms with Crippen molar-refractivity contribution in [1.82, 2.24) is 10.1 Å². The van der Waals surface area contributed by atoms with E-state index in [9.17, 15) is 4.79 Å². The van der Waals surface area contributed by atoms with E-state index >= 15 is 0 Å². The smallest absolute Gasteiger partial charge is 0.280 e. The predicted molar refractivity (Wildman–Crippen MR) is 109 cm³/mol. The molecule has 2 heterocycles. The molecule has 1 amide bonds. The maximum absolute atomic E-state index is 12.8. The van der Waals surface area contributed by atoms with Gasteiger partial charge in [-0.25, -0.2) is 4.98 Å². The molecule has 4 rings (SSSR count). The normalized spacial score (nSPS) is 11.0. The average molecular weight is 393 g/mol. The van der Waals surface area contributed by atoms with Crippen molar-refractivity contribution in [3.05, 3.63) is 70.6 Å². The highest BCUT2D eigenvalue weighted by Crippen LogP contribution is 2.28. The van der Waals surface area contributed by atoms with Crippen LogP contribution in [0, 0.1) is 20.8 Å². The first-order valence-corrected chi connectivity index (χ1v) is 9.65. The monoisotopic (exact) mass is 393 g/mol. The highest BCUT2D eigenvalue weighted by atomic mass is 32.1. The number of hydrogen-bond acceptors (Lipinski definition) is 6. The molecule has 0 saturated carbocycles. The summed E-state index contributed by atoms with van der Waals surface area (Å²) >= 11 is 1.43. The van der Waals surface area contributed by atoms with Crippen molar-refractivity contribution in [2.24, 2.45) is 0 Å². The number of nitrogens with one attached hydrogen (secondary N) is 1. The number of hydrogen-bond donors (Lipinski definition) is 1. The number of amides is 1. The molecule has 2 aromatic heterocycles. The number of fused-ring (bicyclic) bond motifs is 1. The number of carbonyl (C=O) groups is 1. The topological polar surface area (TPSA) is 77.2 Å². The average Bonchev–Trinajstić information content (AvgIpc) is 3.24. The minimum Gasteiger partial charge on any atom is -0.489 e. The van der Waals surface area contributed by atoms with Crippen molar-refractivity contribution >= 4 is 32.6 Å². The molecule has 2 aromatic carbocycles. The van der Waals surface area contributed by atoms with E-state index < -0.39 is 0 Å². The summed E-state index contributed by atoms with van der Waals surface area (Å²) in [5.41, 5.74) is 3.89. The number of rotatable bonds is 5. The summed E-state index contributed by atoms with van der Waals surface area (Å²) < 4.78 is 12.1. The SMILES string of the molecule is Cc1cccc(OCc2c(C(=O)Nc3nc4c(C)cccc4s3)noc2C)c1. The molecule has 0 aliphatic rings. The molecule has 0 unspecified atom stereocenters. The highest BCUT2D eigenvalue weighted by Gasteiger charge is 2.21. The third-order valence-corrected chi connectivity index (χ3v) is 5.35. The Labute approximate surface area is 166 Å². The summed E-state index contributed by atoms with van der Waals surface area (Å²) in [5.74, 6) is 0.919. The van der Waals surface area contributed by atoms with Gasteiger partial charge in [0.1, 0.15) is 18.1 Å². The Kier molecular flexibility index (Phi) is 4.83. The molecule has 0 radical (unpaired) electrons. The van der Waals surface area contributed by atoms with Gasteiger partial charge in [-0.15, -0.1) is 0 Å². The van der Waals surface area contributed by atoms with E-state index in [-0.39, 0.29) is 18.2 Å². The molecule has 28 heavy (non-hydrogen) atoms. The Balaban J connectivity index is 1.53. The minimum atomic E-state index is -0.364. The number of nitrogens with zero attached hydrogens (tertiary/aromatic N) is 2. The van der Waals surface area contributed by atoms with Crippen LogP contribution in [-0.4, -0.2) is 16.0 Å². The number of benzene rings is 2. The Bertz CT molecular complexity index is 1160. The van der Waals surface area contributed by atoms with Crippen molar-refractivity contribution in [2.45, 2.75) is 27.4 Å². The van der Waals surface area contributed by atoms with Crippen LogP contribution in [0.3, 0.4) is 0 Å². The lowest BCUT2D eigenvalue weighted by Gasteiger charge is -2.07. The first kappa shape index (κ1) is 18.2. The van der Waals surface area contributed by atoms with Crippen LogP contribution in [0.2, 0.25) is 0 Å². The Morgan fingerprint density at radius 1 is 1.18 bits per heavy atom. The van der Waals surface area contributed by atoms with E-state index in [0.29, 0.717) is 16.5 Å². The van der Waals surface area contributed by atoms with E-state index in [4.69, 9.17) is 9.26 Å². The molecule has 4 aromatic rings. The van der Waals surface area contributed by atoms with Gasteiger partial charge in [0.15, 0.2) is 10.8 Å². The van der Waals surface area contributed by atoms with Crippen LogP contribution in [0.1, 0.15) is 32.9 Å². The number of thiazole rings is 1. The molecule has 0 atom stereocenters. The third-order valence-electron chi connectivity index (χ3n) is 4.41. The van der Waals surface area contributed by atoms with Gasteiger partial charge in [-0.05, 0) is 50.1 Å². The fourth-order valence-electron chi connectivity index (χ4n) is 2.90. The highest BCUT2D eigenvalue weighted by molar-refractivity contribution is 7.22. The molecule has 0 bridgehead atoms. The summed E-state index contributed by atoms with van der Waals surface area (Å²) in [4.78, 5) is 17.3. The molecule has 0 fully saturated rings. The summed E-state index contributed by atoms with van der Waals surface area (Å²) in [6.07, 6.45) is 0. The van der Waals surface area contributed by atoms with Crippen LogP contribution in [-0.2, 0) is 6.61 Å². The van der Waals surface area contributed by atoms with Crippen LogP contribution in [0.15, 0.2) is 47.0 Å². The first-order chi connectivity index (χ1) is 13.5. The number of ether oxygens (including phenoxy) is 1. The summed E-state index contributed by atoms with van der Waals surface area (Å²) in [5, 5.41) is 7.28. The number of carbonyl (C=O) groups excluding carboxylic acids is 1. The molecule has 142 valence electrons. The van der Waals surface area contributed by atoms with E-state index in [0.717, 1.165) is 27.1 Å². The van der Waals surface area contributed by atoms with E-state index in [1.54, 1.807) is 6.92 Å². The number of aromatic nitrogens is 2. The van der Waals surface area contributed by atoms with Gasteiger partial charge in [0, 0.05) is 0 Å². The lowest BCUT2D eigenvalue weighted by Crippen LogP contribution is -2.15. The largest absolute Gasteiger partial charge is 0.489 e. The van der Waals surface area contributed by atoms with Crippen molar-refractivity contribution in [3.63, 3.8) is 0 Å². The second-order valence-electron chi connectivity index (χ2n) is 6.57. The van der Waals surface area contributed by atoms with Gasteiger partial charge in [-0.3, -0.25) is 10.1 Å². The maximum Gasteiger partial charge on any atom is 0.280 e. The lowest BCUT2D eigenvalue weighted by molar-refractivity contribution is 0.101. The minimum absolute atomic E-state index is 0.195. The fraction of sp³-hybridized carbons (Fsp3) is 0.190. The zero-order valence-corrected chi connectivity index (χ0v) is 16.6. The molecular weight excluding hydrogens is 374 g/mol. The van der Waals surface area contributed by atoms with Gasteiger partial charge >= 0.3 is 0 Å². The van der Waals surface area contributed by atoms with Gasteiger partial charge in [0.05, 0.1) is 15.8 Å². The van der Waals surface area contributed by atoms with Crippen LogP contribution in [0.25, 0.3) is 10.2 Å². The molecule has 0 spiro atoms. The zero-order chi connectivity index (χ0) is 19.7. The van der Waals surface area contributed by atoms with Gasteiger partial charge in [-0.1, -0.05) is 40.8 Å². The molecule has 6 nitrogen and oxygen atoms in total. The summed E-state index contributed by atoms with van der Waals surface area (Å²) in [6.45, 7) is 5.95. The van der Waals surface area contributed by atoms with Gasteiger partial charge in [0.2, 0.25) is 0 Å². The van der Waals surface area contributed by atoms with Crippen molar-refractivity contribution < 1.29 is 14.1 Å². The molecule has 1 N–H and O–H groups in total. The maximum atomic E-state index is 12.8. The Morgan fingerprint density at radius 3 is 2.79 bits per heavy atom. The third kappa shape index (κ3) is 3.61. The zero-order valence-electron chi connectivity index (χ0n) is 15.8. The fourth-order valence-corrected chi connectivity index (χ4v) is 3.84. The first-order valence-electron chi connectivity index (χ1n) is 8.83. The molecule has 7 heteroatoms. The quantitative estimate of drug-likeness (QED) is 0.514. The van der Waals surface area contributed by atoms with Crippen LogP contribution < -0.4 is 10.1 Å². The van der Waals surface area contributed by atoms with Crippen molar-refractivity contribution in [3.8, 4) is 5.75 Å². The molecule has 0 aliphatic heterocycles. The molecule has 0 saturated heterocycles. The van der Waals surface area contributed by atoms with Crippen molar-refractivity contribution in [2.75, 3.05) is 5.32 Å². The number of aryl methyl sites for hydroxylation is 3. The second-order valence-corrected chi connectivity index (χ2v) is 7.60. The standard InChI is InChI=1S/C21H19N3O3S/c1-12-6-4-8-15(10-12)26-11-16-14(3)27-24-19(16)20(25)23-21-22-18-13(2)7-5-9-17(18)28-21/h4-10H,11H2,1-3H3,(H,22,23,25). The van der Waals surface area contributed by atoms with E-state index in [1.807, 2.05) is 56.3 Å². The molecule has 0 aliphatic carbocycles. The van der Waals surface area contributed by atoms with Crippen LogP contribution >= 0.6 is 11.3 Å². The lowest BCUT2D eigenvalue weighted by atomic mass is 10.2. The van der Waals surface area contributed by atoms with Gasteiger partial charge < -0.3 is 9.26 Å². The number of para-hydroxylation sites is 1. The van der Waals surface area contributed by atoms with Gasteiger partial charge in [0.25, 0.3) is 5.91 Å². The predicted octanol–water partition coefficient (Wildman–Crippen LogP) is 5.04. The van der Waals surface area contributed by atoms with E-state index in [2.05, 4.69) is 15.5 Å². The molecular formula is C21H19N3O3S. The van der Waals surface area contributed by atoms with Crippen LogP contribution in [0.5, 0.6) is 5.75 Å². The van der Waals surface area contributed by atoms with Crippen LogP contribution in [0.4, 0.5) is 5.13 Å². The number of anilines is 1. The van der Waals surface area contributed by atoms with Gasteiger partial charge in [-0.2, -0.15) is 0 Å². The Morgan fingerprint density at radius 2 is 2.00 bits per heavy atom. The second kappa shape index (κ2) is 7.44. The van der Waals surface area contributed by atoms with Crippen molar-refractivity contribution in [1.29, 1.82) is 0 Å². The Hall–Kier alpha value is -3.19.